The van der Waals surface area contributed by atoms with Crippen molar-refractivity contribution < 1.29 is 19.2 Å². The fourth-order valence-corrected chi connectivity index (χ4v) is 2.94. The lowest BCUT2D eigenvalue weighted by molar-refractivity contribution is -0.126. The van der Waals surface area contributed by atoms with Crippen LogP contribution < -0.4 is 4.90 Å². The molecule has 2 aromatic rings. The summed E-state index contributed by atoms with van der Waals surface area (Å²) in [5.74, 6) is -2.39. The molecular weight excluding hydrogens is 308 g/mol. The van der Waals surface area contributed by atoms with Crippen LogP contribution in [0.1, 0.15) is 10.4 Å². The first-order chi connectivity index (χ1) is 11.7. The Bertz CT molecular complexity index is 861. The lowest BCUT2D eigenvalue weighted by atomic mass is 9.93. The average molecular weight is 320 g/mol. The van der Waals surface area contributed by atoms with Crippen LogP contribution in [0.3, 0.4) is 0 Å². The molecule has 0 N–H and O–H groups in total. The maximum Gasteiger partial charge on any atom is 0.278 e. The Balaban J connectivity index is 1.68. The van der Waals surface area contributed by atoms with E-state index in [1.54, 1.807) is 60.7 Å². The van der Waals surface area contributed by atoms with Gasteiger partial charge in [-0.25, -0.2) is 4.90 Å². The van der Waals surface area contributed by atoms with Crippen LogP contribution in [0.4, 0.5) is 5.69 Å². The first-order valence-electron chi connectivity index (χ1n) is 7.45. The third-order valence-corrected chi connectivity index (χ3v) is 4.10. The second-order valence-corrected chi connectivity index (χ2v) is 5.52. The van der Waals surface area contributed by atoms with Crippen molar-refractivity contribution in [2.45, 2.75) is 6.10 Å². The smallest absolute Gasteiger partial charge is 0.278 e. The van der Waals surface area contributed by atoms with Gasteiger partial charge in [0.2, 0.25) is 17.8 Å². The zero-order valence-electron chi connectivity index (χ0n) is 12.5. The molecule has 4 rings (SSSR count). The summed E-state index contributed by atoms with van der Waals surface area (Å²) < 4.78 is 0. The van der Waals surface area contributed by atoms with Gasteiger partial charge in [0.1, 0.15) is 11.6 Å². The number of nitrogens with zero attached hydrogens (tertiary/aromatic N) is 2. The predicted molar refractivity (Wildman–Crippen MR) is 85.5 cm³/mol. The Hall–Kier alpha value is -3.28. The maximum atomic E-state index is 12.7. The molecule has 2 atom stereocenters. The minimum Gasteiger partial charge on any atom is -0.381 e. The van der Waals surface area contributed by atoms with Gasteiger partial charge in [-0.2, -0.15) is 0 Å². The van der Waals surface area contributed by atoms with E-state index >= 15 is 0 Å². The number of fused-ring (bicyclic) bond motifs is 1. The second kappa shape index (κ2) is 5.42. The van der Waals surface area contributed by atoms with Crippen molar-refractivity contribution in [3.8, 4) is 0 Å². The predicted octanol–water partition coefficient (Wildman–Crippen LogP) is 1.81. The van der Waals surface area contributed by atoms with Crippen LogP contribution in [-0.4, -0.2) is 29.4 Å². The van der Waals surface area contributed by atoms with E-state index in [4.69, 9.17) is 4.84 Å². The summed E-state index contributed by atoms with van der Waals surface area (Å²) in [6.45, 7) is 0. The van der Waals surface area contributed by atoms with Gasteiger partial charge in [-0.05, 0) is 12.1 Å². The number of Topliss-reactive ketones (excluding diaryl/α,β-unsaturated/α-hetero) is 1. The number of rotatable bonds is 3. The van der Waals surface area contributed by atoms with E-state index in [1.807, 2.05) is 0 Å². The molecule has 1 saturated heterocycles. The Morgan fingerprint density at radius 1 is 0.917 bits per heavy atom. The van der Waals surface area contributed by atoms with Crippen LogP contribution in [-0.2, 0) is 14.4 Å². The SMILES string of the molecule is O=C(C1=NO[C@@H]2C(=O)N(c3ccccc3)C(=O)[C@H]12)c1ccccc1. The molecule has 0 saturated carbocycles. The van der Waals surface area contributed by atoms with E-state index in [2.05, 4.69) is 5.16 Å². The van der Waals surface area contributed by atoms with E-state index in [-0.39, 0.29) is 5.71 Å². The lowest BCUT2D eigenvalue weighted by Gasteiger charge is -2.14. The van der Waals surface area contributed by atoms with Crippen LogP contribution >= 0.6 is 0 Å². The Labute approximate surface area is 137 Å². The highest BCUT2D eigenvalue weighted by molar-refractivity contribution is 6.52. The number of carbonyl (C=O) groups excluding carboxylic acids is 3. The quantitative estimate of drug-likeness (QED) is 0.638. The molecule has 0 aliphatic carbocycles. The van der Waals surface area contributed by atoms with Gasteiger partial charge in [-0.3, -0.25) is 14.4 Å². The fourth-order valence-electron chi connectivity index (χ4n) is 2.94. The normalized spacial score (nSPS) is 22.2. The van der Waals surface area contributed by atoms with Crippen molar-refractivity contribution in [1.82, 2.24) is 0 Å². The van der Waals surface area contributed by atoms with Gasteiger partial charge in [0.15, 0.2) is 0 Å². The third-order valence-electron chi connectivity index (χ3n) is 4.10. The summed E-state index contributed by atoms with van der Waals surface area (Å²) in [7, 11) is 0. The van der Waals surface area contributed by atoms with E-state index in [1.165, 1.54) is 0 Å². The van der Waals surface area contributed by atoms with Crippen molar-refractivity contribution in [2.75, 3.05) is 4.90 Å². The number of ketones is 1. The molecule has 0 aromatic heterocycles. The second-order valence-electron chi connectivity index (χ2n) is 5.52. The number of carbonyl (C=O) groups is 3. The minimum atomic E-state index is -1.07. The van der Waals surface area contributed by atoms with Gasteiger partial charge < -0.3 is 4.84 Å². The summed E-state index contributed by atoms with van der Waals surface area (Å²) in [6.07, 6.45) is -1.07. The van der Waals surface area contributed by atoms with Gasteiger partial charge in [-0.1, -0.05) is 53.7 Å². The highest BCUT2D eigenvalue weighted by Crippen LogP contribution is 2.33. The average Bonchev–Trinajstić information content (AvgIpc) is 3.17. The first-order valence-corrected chi connectivity index (χ1v) is 7.45. The highest BCUT2D eigenvalue weighted by atomic mass is 16.7. The molecule has 2 aliphatic heterocycles. The van der Waals surface area contributed by atoms with Crippen LogP contribution in [0, 0.1) is 5.92 Å². The summed E-state index contributed by atoms with van der Waals surface area (Å²) in [4.78, 5) is 44.0. The molecule has 24 heavy (non-hydrogen) atoms. The van der Waals surface area contributed by atoms with Crippen LogP contribution in [0.2, 0.25) is 0 Å². The van der Waals surface area contributed by atoms with E-state index in [0.29, 0.717) is 11.3 Å². The fraction of sp³-hybridized carbons (Fsp3) is 0.111. The number of amides is 2. The molecule has 0 bridgehead atoms. The van der Waals surface area contributed by atoms with Gasteiger partial charge in [-0.15, -0.1) is 0 Å². The van der Waals surface area contributed by atoms with Crippen LogP contribution in [0.25, 0.3) is 0 Å². The lowest BCUT2D eigenvalue weighted by Crippen LogP contribution is -2.34. The van der Waals surface area contributed by atoms with Crippen LogP contribution in [0.15, 0.2) is 65.8 Å². The molecular formula is C18H12N2O4. The number of anilines is 1. The molecule has 6 heteroatoms. The van der Waals surface area contributed by atoms with Crippen molar-refractivity contribution in [3.05, 3.63) is 66.2 Å². The molecule has 0 unspecified atom stereocenters. The van der Waals surface area contributed by atoms with E-state index in [9.17, 15) is 14.4 Å². The van der Waals surface area contributed by atoms with Crippen molar-refractivity contribution in [3.63, 3.8) is 0 Å². The maximum absolute atomic E-state index is 12.7. The number of benzene rings is 2. The van der Waals surface area contributed by atoms with Crippen LogP contribution in [0.5, 0.6) is 0 Å². The molecule has 2 aliphatic rings. The largest absolute Gasteiger partial charge is 0.381 e. The Morgan fingerprint density at radius 2 is 1.54 bits per heavy atom. The molecule has 2 amide bonds. The minimum absolute atomic E-state index is 0.0250. The first kappa shape index (κ1) is 14.3. The summed E-state index contributed by atoms with van der Waals surface area (Å²) in [5, 5.41) is 3.72. The molecule has 118 valence electrons. The van der Waals surface area contributed by atoms with Crippen molar-refractivity contribution in [2.24, 2.45) is 11.1 Å². The van der Waals surface area contributed by atoms with E-state index in [0.717, 1.165) is 4.90 Å². The van der Waals surface area contributed by atoms with Gasteiger partial charge in [0.05, 0.1) is 5.69 Å². The summed E-state index contributed by atoms with van der Waals surface area (Å²) in [6, 6.07) is 17.1. The number of imide groups is 1. The molecule has 2 aromatic carbocycles. The number of hydrogen-bond acceptors (Lipinski definition) is 5. The third kappa shape index (κ3) is 2.04. The van der Waals surface area contributed by atoms with Crippen molar-refractivity contribution >= 4 is 29.0 Å². The van der Waals surface area contributed by atoms with Gasteiger partial charge >= 0.3 is 0 Å². The molecule has 1 fully saturated rings. The zero-order valence-corrected chi connectivity index (χ0v) is 12.5. The molecule has 0 radical (unpaired) electrons. The topological polar surface area (TPSA) is 76.0 Å². The summed E-state index contributed by atoms with van der Waals surface area (Å²) in [5.41, 5.74) is 0.832. The van der Waals surface area contributed by atoms with Gasteiger partial charge in [0.25, 0.3) is 5.91 Å². The summed E-state index contributed by atoms with van der Waals surface area (Å²) >= 11 is 0. The standard InChI is InChI=1S/C18H12N2O4/c21-15(11-7-3-1-4-8-11)14-13-16(24-19-14)18(23)20(17(13)22)12-9-5-2-6-10-12/h1-10,13,16H/t13-,16+/m1/s1. The molecule has 0 spiro atoms. The Kier molecular flexibility index (Phi) is 3.23. The zero-order chi connectivity index (χ0) is 16.7. The van der Waals surface area contributed by atoms with Gasteiger partial charge in [0, 0.05) is 5.56 Å². The monoisotopic (exact) mass is 320 g/mol. The molecule has 2 heterocycles. The van der Waals surface area contributed by atoms with Crippen molar-refractivity contribution in [1.29, 1.82) is 0 Å². The highest BCUT2D eigenvalue weighted by Gasteiger charge is 2.57. The number of oxime groups is 1. The van der Waals surface area contributed by atoms with E-state index < -0.39 is 29.6 Å². The molecule has 6 nitrogen and oxygen atoms in total. The number of hydrogen-bond donors (Lipinski definition) is 0. The Morgan fingerprint density at radius 3 is 2.21 bits per heavy atom. The number of para-hydroxylation sites is 1.